The average Bonchev–Trinajstić information content (AvgIpc) is 3.61. The van der Waals surface area contributed by atoms with Gasteiger partial charge in [0.15, 0.2) is 10.3 Å². The van der Waals surface area contributed by atoms with Crippen LogP contribution >= 0.6 is 92.8 Å². The lowest BCUT2D eigenvalue weighted by atomic mass is 10.1. The summed E-state index contributed by atoms with van der Waals surface area (Å²) in [6.45, 7) is 0.550. The van der Waals surface area contributed by atoms with Crippen LogP contribution in [0.4, 0.5) is 0 Å². The Morgan fingerprint density at radius 2 is 1.30 bits per heavy atom. The van der Waals surface area contributed by atoms with Crippen LogP contribution in [0.5, 0.6) is 0 Å². The third-order valence-corrected chi connectivity index (χ3v) is 10.2. The molecule has 0 saturated heterocycles. The Bertz CT molecular complexity index is 1660. The van der Waals surface area contributed by atoms with Crippen molar-refractivity contribution in [3.05, 3.63) is 131 Å². The van der Waals surface area contributed by atoms with Crippen LogP contribution in [-0.4, -0.2) is 44.2 Å². The number of nitrogens with one attached hydrogen (secondary N) is 2. The molecule has 9 nitrogen and oxygen atoms in total. The fourth-order valence-corrected chi connectivity index (χ4v) is 6.47. The van der Waals surface area contributed by atoms with Crippen molar-refractivity contribution in [3.63, 3.8) is 0 Å². The van der Waals surface area contributed by atoms with Gasteiger partial charge in [-0.25, -0.2) is 4.79 Å². The van der Waals surface area contributed by atoms with Gasteiger partial charge >= 0.3 is 5.97 Å². The molecule has 0 fully saturated rings. The molecule has 3 aromatic carbocycles. The molecule has 0 aliphatic rings. The van der Waals surface area contributed by atoms with Gasteiger partial charge in [-0.15, -0.1) is 11.8 Å². The van der Waals surface area contributed by atoms with E-state index in [2.05, 4.69) is 24.3 Å². The van der Waals surface area contributed by atoms with Crippen LogP contribution in [0.1, 0.15) is 35.3 Å². The largest absolute Gasteiger partial charge is 0.372 e. The third kappa shape index (κ3) is 12.9. The van der Waals surface area contributed by atoms with E-state index in [-0.39, 0.29) is 37.7 Å². The molecule has 0 radical (unpaired) electrons. The van der Waals surface area contributed by atoms with Gasteiger partial charge in [-0.2, -0.15) is 14.0 Å². The van der Waals surface area contributed by atoms with Crippen molar-refractivity contribution in [3.8, 4) is 0 Å². The summed E-state index contributed by atoms with van der Waals surface area (Å²) in [5.41, 5.74) is 1.39. The Morgan fingerprint density at radius 3 is 1.81 bits per heavy atom. The van der Waals surface area contributed by atoms with E-state index in [4.69, 9.17) is 63.3 Å². The quantitative estimate of drug-likeness (QED) is 0.0583. The molecule has 0 bridgehead atoms. The average molecular weight is 793 g/mol. The highest BCUT2D eigenvalue weighted by Crippen LogP contribution is 2.29. The first-order valence-electron chi connectivity index (χ1n) is 13.1. The van der Waals surface area contributed by atoms with Crippen molar-refractivity contribution in [2.24, 2.45) is 0 Å². The second kappa shape index (κ2) is 20.5. The van der Waals surface area contributed by atoms with E-state index in [9.17, 15) is 14.4 Å². The molecule has 0 aliphatic heterocycles. The van der Waals surface area contributed by atoms with Crippen LogP contribution in [0.2, 0.25) is 25.4 Å². The summed E-state index contributed by atoms with van der Waals surface area (Å²) in [5, 5.41) is 14.7. The van der Waals surface area contributed by atoms with Gasteiger partial charge < -0.3 is 10.6 Å². The van der Waals surface area contributed by atoms with E-state index in [1.807, 2.05) is 60.7 Å². The van der Waals surface area contributed by atoms with Crippen LogP contribution in [0.15, 0.2) is 89.8 Å². The standard InChI is InChI=1S/C12H10Cl2N2OS.C11H8Cl2N2OS2.C7H5ClO3/c13-9-10(18-16-11(9)14)12(17)15-7-6-8-4-2-1-3-5-8;12-8-9(18-15-10(8)13)11(16)14-6-17-7-4-2-1-3-5-7;8-6-3-1-2-5(4-6)7(9)11-10/h1-5H,6-7H2,(H,15,17);1-5H,6H2,(H,14,16);1-4,10H. The Morgan fingerprint density at radius 1 is 0.745 bits per heavy atom. The second-order valence-corrected chi connectivity index (χ2v) is 13.2. The molecule has 3 N–H and O–H groups in total. The molecule has 0 atom stereocenters. The van der Waals surface area contributed by atoms with Crippen molar-refractivity contribution in [1.29, 1.82) is 0 Å². The van der Waals surface area contributed by atoms with Crippen LogP contribution in [0, 0.1) is 0 Å². The molecule has 2 aromatic heterocycles. The fraction of sp³-hybridized carbons (Fsp3) is 0.100. The van der Waals surface area contributed by atoms with Gasteiger partial charge in [-0.3, -0.25) is 14.5 Å². The van der Waals surface area contributed by atoms with E-state index in [0.717, 1.165) is 34.4 Å². The first-order chi connectivity index (χ1) is 22.6. The normalized spacial score (nSPS) is 10.1. The topological polar surface area (TPSA) is 131 Å². The van der Waals surface area contributed by atoms with Crippen molar-refractivity contribution < 1.29 is 24.5 Å². The molecular weight excluding hydrogens is 770 g/mol. The number of amides is 2. The van der Waals surface area contributed by atoms with Crippen molar-refractivity contribution in [2.75, 3.05) is 12.4 Å². The summed E-state index contributed by atoms with van der Waals surface area (Å²) in [4.78, 5) is 39.5. The third-order valence-electron chi connectivity index (χ3n) is 5.51. The smallest absolute Gasteiger partial charge is 0.351 e. The molecule has 0 spiro atoms. The minimum atomic E-state index is -0.813. The Balaban J connectivity index is 0.000000198. The Labute approximate surface area is 307 Å². The monoisotopic (exact) mass is 790 g/mol. The fourth-order valence-electron chi connectivity index (χ4n) is 3.30. The Hall–Kier alpha value is -2.91. The summed E-state index contributed by atoms with van der Waals surface area (Å²) in [7, 11) is 0. The zero-order valence-corrected chi connectivity index (χ0v) is 30.0. The van der Waals surface area contributed by atoms with Gasteiger partial charge in [-0.1, -0.05) is 113 Å². The Kier molecular flexibility index (Phi) is 16.8. The number of nitrogens with zero attached hydrogens (tertiary/aromatic N) is 2. The number of aromatic nitrogens is 2. The SMILES string of the molecule is O=C(NCCc1ccccc1)c1snc(Cl)c1Cl.O=C(NCSc1ccccc1)c1snc(Cl)c1Cl.O=C(OO)c1cccc(Cl)c1. The molecule has 5 aromatic rings. The summed E-state index contributed by atoms with van der Waals surface area (Å²) >= 11 is 32.2. The molecule has 5 rings (SSSR count). The predicted molar refractivity (Wildman–Crippen MR) is 191 cm³/mol. The maximum absolute atomic E-state index is 11.8. The first-order valence-corrected chi connectivity index (χ1v) is 17.5. The number of thioether (sulfide) groups is 1. The molecule has 0 aliphatic carbocycles. The summed E-state index contributed by atoms with van der Waals surface area (Å²) < 4.78 is 7.63. The van der Waals surface area contributed by atoms with Crippen LogP contribution in [0.3, 0.4) is 0 Å². The zero-order valence-electron chi connectivity index (χ0n) is 23.8. The van der Waals surface area contributed by atoms with E-state index >= 15 is 0 Å². The van der Waals surface area contributed by atoms with E-state index in [1.165, 1.54) is 29.5 Å². The maximum atomic E-state index is 11.8. The van der Waals surface area contributed by atoms with Crippen LogP contribution < -0.4 is 10.6 Å². The second-order valence-electron chi connectivity index (χ2n) is 8.72. The molecule has 0 unspecified atom stereocenters. The lowest BCUT2D eigenvalue weighted by Crippen LogP contribution is -2.25. The minimum absolute atomic E-state index is 0.169. The lowest BCUT2D eigenvalue weighted by molar-refractivity contribution is -0.182. The number of carbonyl (C=O) groups is 3. The number of rotatable bonds is 9. The maximum Gasteiger partial charge on any atom is 0.372 e. The van der Waals surface area contributed by atoms with Crippen molar-refractivity contribution in [1.82, 2.24) is 19.4 Å². The summed E-state index contributed by atoms with van der Waals surface area (Å²) in [6.07, 6.45) is 0.775. The van der Waals surface area contributed by atoms with Gasteiger partial charge in [0.2, 0.25) is 0 Å². The number of carbonyl (C=O) groups excluding carboxylic acids is 3. The molecule has 246 valence electrons. The van der Waals surface area contributed by atoms with E-state index < -0.39 is 5.97 Å². The highest BCUT2D eigenvalue weighted by molar-refractivity contribution is 7.99. The van der Waals surface area contributed by atoms with Gasteiger partial charge in [-0.05, 0) is 65.4 Å². The number of hydrogen-bond donors (Lipinski definition) is 3. The highest BCUT2D eigenvalue weighted by Gasteiger charge is 2.17. The minimum Gasteiger partial charge on any atom is -0.351 e. The molecule has 47 heavy (non-hydrogen) atoms. The highest BCUT2D eigenvalue weighted by atomic mass is 35.5. The number of benzene rings is 3. The van der Waals surface area contributed by atoms with Crippen molar-refractivity contribution >= 4 is 111 Å². The summed E-state index contributed by atoms with van der Waals surface area (Å²) in [6, 6.07) is 25.8. The van der Waals surface area contributed by atoms with Gasteiger partial charge in [0.05, 0.1) is 11.4 Å². The van der Waals surface area contributed by atoms with Crippen molar-refractivity contribution in [2.45, 2.75) is 11.3 Å². The molecule has 2 heterocycles. The van der Waals surface area contributed by atoms with Gasteiger partial charge in [0.1, 0.15) is 19.8 Å². The molecule has 17 heteroatoms. The van der Waals surface area contributed by atoms with E-state index in [0.29, 0.717) is 27.2 Å². The van der Waals surface area contributed by atoms with E-state index in [1.54, 1.807) is 12.1 Å². The molecule has 0 saturated carbocycles. The van der Waals surface area contributed by atoms with Gasteiger partial charge in [0, 0.05) is 16.5 Å². The first kappa shape index (κ1) is 38.5. The van der Waals surface area contributed by atoms with Crippen LogP contribution in [-0.2, 0) is 11.3 Å². The molecular formula is C30H23Cl5N4O5S3. The predicted octanol–water partition coefficient (Wildman–Crippen LogP) is 9.32. The van der Waals surface area contributed by atoms with Crippen LogP contribution in [0.25, 0.3) is 0 Å². The van der Waals surface area contributed by atoms with Gasteiger partial charge in [0.25, 0.3) is 11.8 Å². The number of halogens is 5. The molecule has 2 amide bonds. The zero-order chi connectivity index (χ0) is 34.2. The number of hydrogen-bond acceptors (Lipinski definition) is 10. The summed E-state index contributed by atoms with van der Waals surface area (Å²) in [5.74, 6) is -0.838. The lowest BCUT2D eigenvalue weighted by Gasteiger charge is -2.03.